The van der Waals surface area contributed by atoms with Crippen molar-refractivity contribution in [2.45, 2.75) is 26.9 Å². The smallest absolute Gasteiger partial charge is 0.404 e. The Morgan fingerprint density at radius 3 is 2.58 bits per heavy atom. The van der Waals surface area contributed by atoms with Crippen molar-refractivity contribution in [1.29, 1.82) is 5.26 Å². The van der Waals surface area contributed by atoms with E-state index in [0.29, 0.717) is 28.3 Å². The lowest BCUT2D eigenvalue weighted by atomic mass is 9.95. The maximum absolute atomic E-state index is 13.5. The van der Waals surface area contributed by atoms with E-state index < -0.39 is 6.09 Å². The summed E-state index contributed by atoms with van der Waals surface area (Å²) in [4.78, 5) is 29.2. The fourth-order valence-electron chi connectivity index (χ4n) is 3.92. The molecule has 2 aromatic carbocycles. The topological polar surface area (TPSA) is 108 Å². The Morgan fingerprint density at radius 1 is 1.18 bits per heavy atom. The molecular weight excluding hydrogens is 436 g/mol. The molecule has 8 heteroatoms. The van der Waals surface area contributed by atoms with E-state index in [4.69, 9.17) is 5.26 Å². The number of aromatic nitrogens is 2. The molecule has 0 aliphatic heterocycles. The van der Waals surface area contributed by atoms with Crippen LogP contribution in [0, 0.1) is 17.2 Å². The van der Waals surface area contributed by atoms with Crippen LogP contribution >= 0.6 is 11.3 Å². The molecule has 0 spiro atoms. The van der Waals surface area contributed by atoms with Crippen LogP contribution in [0.5, 0.6) is 0 Å². The highest BCUT2D eigenvalue weighted by molar-refractivity contribution is 7.13. The van der Waals surface area contributed by atoms with E-state index in [1.54, 1.807) is 16.0 Å². The van der Waals surface area contributed by atoms with Crippen molar-refractivity contribution in [3.8, 4) is 27.8 Å². The normalized spacial score (nSPS) is 11.0. The number of nitrogens with zero attached hydrogens (tertiary/aromatic N) is 3. The Morgan fingerprint density at radius 2 is 1.94 bits per heavy atom. The third-order valence-corrected chi connectivity index (χ3v) is 6.15. The number of hydrogen-bond acceptors (Lipinski definition) is 5. The number of pyridine rings is 1. The quantitative estimate of drug-likeness (QED) is 0.418. The molecule has 0 unspecified atom stereocenters. The van der Waals surface area contributed by atoms with Crippen molar-refractivity contribution in [3.63, 3.8) is 0 Å². The Kier molecular flexibility index (Phi) is 6.24. The van der Waals surface area contributed by atoms with Gasteiger partial charge in [0.15, 0.2) is 5.69 Å². The van der Waals surface area contributed by atoms with Crippen LogP contribution in [-0.2, 0) is 13.1 Å². The zero-order chi connectivity index (χ0) is 23.5. The Hall–Kier alpha value is -3.96. The van der Waals surface area contributed by atoms with Crippen molar-refractivity contribution in [1.82, 2.24) is 14.9 Å². The second-order valence-corrected chi connectivity index (χ2v) is 8.92. The lowest BCUT2D eigenvalue weighted by molar-refractivity contribution is 0.193. The first-order chi connectivity index (χ1) is 15.9. The molecule has 2 heterocycles. The van der Waals surface area contributed by atoms with Crippen LogP contribution in [0.15, 0.2) is 58.7 Å². The summed E-state index contributed by atoms with van der Waals surface area (Å²) >= 11 is 1.36. The van der Waals surface area contributed by atoms with Gasteiger partial charge in [-0.3, -0.25) is 4.79 Å². The molecule has 0 bridgehead atoms. The number of carboxylic acid groups (broad SMARTS) is 1. The molecule has 4 aromatic rings. The lowest BCUT2D eigenvalue weighted by Crippen LogP contribution is -2.31. The van der Waals surface area contributed by atoms with Gasteiger partial charge in [-0.25, -0.2) is 9.78 Å². The number of fused-ring (bicyclic) bond motifs is 1. The Labute approximate surface area is 194 Å². The van der Waals surface area contributed by atoms with Gasteiger partial charge in [0.05, 0.1) is 6.54 Å². The van der Waals surface area contributed by atoms with Gasteiger partial charge in [-0.05, 0) is 29.0 Å². The van der Waals surface area contributed by atoms with E-state index in [2.05, 4.69) is 10.3 Å². The van der Waals surface area contributed by atoms with Gasteiger partial charge in [-0.2, -0.15) is 5.26 Å². The highest BCUT2D eigenvalue weighted by Gasteiger charge is 2.20. The summed E-state index contributed by atoms with van der Waals surface area (Å²) in [6.45, 7) is 4.50. The summed E-state index contributed by atoms with van der Waals surface area (Å²) in [5.41, 5.74) is 3.28. The van der Waals surface area contributed by atoms with E-state index in [1.165, 1.54) is 11.3 Å². The second kappa shape index (κ2) is 9.27. The van der Waals surface area contributed by atoms with Gasteiger partial charge in [0, 0.05) is 34.1 Å². The minimum atomic E-state index is -1.15. The predicted molar refractivity (Wildman–Crippen MR) is 129 cm³/mol. The molecule has 0 saturated heterocycles. The number of rotatable bonds is 6. The summed E-state index contributed by atoms with van der Waals surface area (Å²) in [6.07, 6.45) is -1.15. The number of amides is 1. The Balaban J connectivity index is 2.07. The monoisotopic (exact) mass is 458 g/mol. The van der Waals surface area contributed by atoms with Gasteiger partial charge in [0.1, 0.15) is 11.1 Å². The average molecular weight is 459 g/mol. The molecule has 0 aliphatic rings. The molecule has 0 saturated carbocycles. The van der Waals surface area contributed by atoms with E-state index >= 15 is 0 Å². The van der Waals surface area contributed by atoms with Crippen LogP contribution in [0.3, 0.4) is 0 Å². The van der Waals surface area contributed by atoms with Crippen LogP contribution in [0.25, 0.3) is 32.5 Å². The molecule has 0 aliphatic carbocycles. The lowest BCUT2D eigenvalue weighted by Gasteiger charge is -2.21. The molecule has 166 valence electrons. The standard InChI is InChI=1S/C25H22N4O3S/c1-15(2)13-29-21(12-27-25(31)32)22(16-6-4-3-5-7-16)20-10-17(8-9-19(20)24(29)30)23-28-18(11-26)14-33-23/h3-10,14-15,27H,12-13H2,1-2H3,(H,31,32). The van der Waals surface area contributed by atoms with Crippen LogP contribution in [0.2, 0.25) is 0 Å². The molecule has 4 rings (SSSR count). The number of carbonyl (C=O) groups is 1. The minimum absolute atomic E-state index is 0.00246. The molecule has 2 N–H and O–H groups in total. The molecule has 2 aromatic heterocycles. The average Bonchev–Trinajstić information content (AvgIpc) is 3.29. The van der Waals surface area contributed by atoms with E-state index in [1.807, 2.05) is 62.4 Å². The first-order valence-electron chi connectivity index (χ1n) is 10.5. The Bertz CT molecular complexity index is 1430. The van der Waals surface area contributed by atoms with Crippen molar-refractivity contribution in [2.75, 3.05) is 0 Å². The van der Waals surface area contributed by atoms with Gasteiger partial charge in [0.25, 0.3) is 5.56 Å². The molecule has 1 amide bonds. The number of hydrogen-bond donors (Lipinski definition) is 2. The summed E-state index contributed by atoms with van der Waals surface area (Å²) in [6, 6.07) is 17.2. The van der Waals surface area contributed by atoms with Crippen LogP contribution in [0.1, 0.15) is 25.2 Å². The highest BCUT2D eigenvalue weighted by atomic mass is 32.1. The van der Waals surface area contributed by atoms with Crippen molar-refractivity contribution >= 4 is 28.2 Å². The maximum atomic E-state index is 13.5. The molecule has 0 atom stereocenters. The molecule has 33 heavy (non-hydrogen) atoms. The van der Waals surface area contributed by atoms with Gasteiger partial charge < -0.3 is 15.0 Å². The number of nitriles is 1. The molecule has 7 nitrogen and oxygen atoms in total. The fourth-order valence-corrected chi connectivity index (χ4v) is 4.66. The van der Waals surface area contributed by atoms with E-state index in [-0.39, 0.29) is 18.0 Å². The van der Waals surface area contributed by atoms with Crippen molar-refractivity contribution in [3.05, 3.63) is 75.7 Å². The van der Waals surface area contributed by atoms with E-state index in [9.17, 15) is 14.7 Å². The van der Waals surface area contributed by atoms with Crippen molar-refractivity contribution in [2.24, 2.45) is 5.92 Å². The number of nitrogens with one attached hydrogen (secondary N) is 1. The molecule has 0 radical (unpaired) electrons. The van der Waals surface area contributed by atoms with Crippen LogP contribution in [-0.4, -0.2) is 20.8 Å². The van der Waals surface area contributed by atoms with Gasteiger partial charge in [0.2, 0.25) is 0 Å². The SMILES string of the molecule is CC(C)Cn1c(CNC(=O)O)c(-c2ccccc2)c2cc(-c3nc(C#N)cs3)ccc2c1=O. The summed E-state index contributed by atoms with van der Waals surface area (Å²) in [5, 5.41) is 24.5. The van der Waals surface area contributed by atoms with Crippen LogP contribution < -0.4 is 10.9 Å². The summed E-state index contributed by atoms with van der Waals surface area (Å²) < 4.78 is 1.68. The van der Waals surface area contributed by atoms with Crippen LogP contribution in [0.4, 0.5) is 4.79 Å². The predicted octanol–water partition coefficient (Wildman–Crippen LogP) is 5.09. The first kappa shape index (κ1) is 22.2. The summed E-state index contributed by atoms with van der Waals surface area (Å²) in [5.74, 6) is 0.186. The van der Waals surface area contributed by atoms with E-state index in [0.717, 1.165) is 22.1 Å². The largest absolute Gasteiger partial charge is 0.465 e. The van der Waals surface area contributed by atoms with Gasteiger partial charge in [-0.15, -0.1) is 11.3 Å². The second-order valence-electron chi connectivity index (χ2n) is 8.07. The third kappa shape index (κ3) is 4.49. The zero-order valence-electron chi connectivity index (χ0n) is 18.2. The first-order valence-corrected chi connectivity index (χ1v) is 11.3. The van der Waals surface area contributed by atoms with Gasteiger partial charge in [-0.1, -0.05) is 50.2 Å². The number of benzene rings is 2. The minimum Gasteiger partial charge on any atom is -0.465 e. The summed E-state index contributed by atoms with van der Waals surface area (Å²) in [7, 11) is 0. The highest BCUT2D eigenvalue weighted by Crippen LogP contribution is 2.34. The fraction of sp³-hybridized carbons (Fsp3) is 0.200. The van der Waals surface area contributed by atoms with Crippen molar-refractivity contribution < 1.29 is 9.90 Å². The zero-order valence-corrected chi connectivity index (χ0v) is 19.0. The molecule has 0 fully saturated rings. The maximum Gasteiger partial charge on any atom is 0.404 e. The third-order valence-electron chi connectivity index (χ3n) is 5.26. The number of thiazole rings is 1. The molecular formula is C25H22N4O3S. The van der Waals surface area contributed by atoms with Gasteiger partial charge >= 0.3 is 6.09 Å².